The van der Waals surface area contributed by atoms with E-state index in [1.807, 2.05) is 29.8 Å². The van der Waals surface area contributed by atoms with Crippen LogP contribution < -0.4 is 10.2 Å². The SMILES string of the molecule is CC#CC(=O)N1CC[C@@H](CN[C@H](C)c2cc3c(c(C(F)(F)F)c2)CN(c2cccc(C4(c5nncn5C)CC(C)C4)c2)C3=O)C1. The minimum atomic E-state index is -4.62. The van der Waals surface area contributed by atoms with E-state index in [2.05, 4.69) is 34.3 Å². The van der Waals surface area contributed by atoms with Crippen molar-refractivity contribution in [2.75, 3.05) is 24.5 Å². The molecule has 2 fully saturated rings. The van der Waals surface area contributed by atoms with E-state index in [1.54, 1.807) is 37.2 Å². The lowest BCUT2D eigenvalue weighted by atomic mass is 9.58. The smallest absolute Gasteiger partial charge is 0.332 e. The van der Waals surface area contributed by atoms with Crippen LogP contribution in [0.5, 0.6) is 0 Å². The Morgan fingerprint density at radius 2 is 2.00 bits per heavy atom. The van der Waals surface area contributed by atoms with Gasteiger partial charge in [-0.25, -0.2) is 0 Å². The summed E-state index contributed by atoms with van der Waals surface area (Å²) in [5.41, 5.74) is 0.859. The number of rotatable bonds is 7. The molecule has 3 aliphatic rings. The number of aryl methyl sites for hydroxylation is 1. The molecule has 3 aromatic rings. The number of carbonyl (C=O) groups is 2. The summed E-state index contributed by atoms with van der Waals surface area (Å²) in [4.78, 5) is 29.1. The van der Waals surface area contributed by atoms with Crippen molar-refractivity contribution in [3.8, 4) is 11.8 Å². The average molecular weight is 619 g/mol. The van der Waals surface area contributed by atoms with Gasteiger partial charge in [0.05, 0.1) is 17.5 Å². The Labute approximate surface area is 261 Å². The lowest BCUT2D eigenvalue weighted by molar-refractivity contribution is -0.138. The van der Waals surface area contributed by atoms with Gasteiger partial charge in [-0.2, -0.15) is 13.2 Å². The molecule has 2 aliphatic heterocycles. The van der Waals surface area contributed by atoms with E-state index in [0.717, 1.165) is 30.7 Å². The van der Waals surface area contributed by atoms with E-state index < -0.39 is 23.7 Å². The van der Waals surface area contributed by atoms with Gasteiger partial charge in [-0.1, -0.05) is 25.0 Å². The van der Waals surface area contributed by atoms with Crippen molar-refractivity contribution in [3.05, 3.63) is 76.4 Å². The molecule has 8 nitrogen and oxygen atoms in total. The first-order chi connectivity index (χ1) is 21.4. The van der Waals surface area contributed by atoms with E-state index in [-0.39, 0.29) is 34.9 Å². The molecule has 0 spiro atoms. The van der Waals surface area contributed by atoms with Crippen LogP contribution in [0.4, 0.5) is 18.9 Å². The van der Waals surface area contributed by atoms with E-state index in [0.29, 0.717) is 36.8 Å². The van der Waals surface area contributed by atoms with Crippen molar-refractivity contribution in [1.82, 2.24) is 25.0 Å². The van der Waals surface area contributed by atoms with Crippen LogP contribution in [0.3, 0.4) is 0 Å². The number of amides is 2. The first-order valence-electron chi connectivity index (χ1n) is 15.4. The highest BCUT2D eigenvalue weighted by atomic mass is 19.4. The molecule has 1 saturated heterocycles. The molecule has 3 heterocycles. The van der Waals surface area contributed by atoms with Crippen LogP contribution in [-0.4, -0.2) is 51.1 Å². The van der Waals surface area contributed by atoms with Crippen LogP contribution in [0.1, 0.15) is 84.5 Å². The Hall–Kier alpha value is -4.17. The van der Waals surface area contributed by atoms with E-state index in [1.165, 1.54) is 11.0 Å². The maximum absolute atomic E-state index is 14.4. The molecule has 0 unspecified atom stereocenters. The van der Waals surface area contributed by atoms with E-state index in [4.69, 9.17) is 0 Å². The number of nitrogens with one attached hydrogen (secondary N) is 1. The maximum Gasteiger partial charge on any atom is 0.416 e. The van der Waals surface area contributed by atoms with Crippen molar-refractivity contribution in [2.24, 2.45) is 18.9 Å². The third-order valence-electron chi connectivity index (χ3n) is 9.63. The Bertz CT molecular complexity index is 1700. The highest BCUT2D eigenvalue weighted by Crippen LogP contribution is 2.52. The fourth-order valence-electron chi connectivity index (χ4n) is 7.34. The molecule has 1 saturated carbocycles. The molecule has 1 aromatic heterocycles. The molecule has 2 amide bonds. The number of aromatic nitrogens is 3. The minimum Gasteiger partial charge on any atom is -0.332 e. The van der Waals surface area contributed by atoms with Crippen molar-refractivity contribution in [3.63, 3.8) is 0 Å². The zero-order valence-electron chi connectivity index (χ0n) is 25.9. The van der Waals surface area contributed by atoms with Gasteiger partial charge in [0, 0.05) is 44.0 Å². The minimum absolute atomic E-state index is 0.00360. The van der Waals surface area contributed by atoms with E-state index >= 15 is 0 Å². The summed E-state index contributed by atoms with van der Waals surface area (Å²) in [5.74, 6) is 6.02. The maximum atomic E-state index is 14.4. The standard InChI is InChI=1S/C34H37F3N6O2/c1-5-7-30(44)42-11-10-23(18-42)17-38-22(3)24-12-27-28(29(13-24)34(35,36)37)19-43(31(27)45)26-9-6-8-25(14-26)33(15-21(2)16-33)32-40-39-20-41(32)4/h6,8-9,12-14,20-23,38H,10-11,15-19H2,1-4H3/t21?,22-,23+,33?/m1/s1. The fraction of sp³-hybridized carbons (Fsp3) is 0.471. The van der Waals surface area contributed by atoms with Crippen LogP contribution in [0.2, 0.25) is 0 Å². The summed E-state index contributed by atoms with van der Waals surface area (Å²) >= 11 is 0. The van der Waals surface area contributed by atoms with Gasteiger partial charge in [-0.05, 0) is 91.8 Å². The van der Waals surface area contributed by atoms with Crippen LogP contribution in [0.25, 0.3) is 0 Å². The van der Waals surface area contributed by atoms with Crippen LogP contribution in [-0.2, 0) is 30.0 Å². The van der Waals surface area contributed by atoms with Gasteiger partial charge >= 0.3 is 6.18 Å². The Morgan fingerprint density at radius 1 is 1.22 bits per heavy atom. The normalized spacial score (nSPS) is 23.4. The number of carbonyl (C=O) groups excluding carboxylic acids is 2. The van der Waals surface area contributed by atoms with E-state index in [9.17, 15) is 22.8 Å². The highest BCUT2D eigenvalue weighted by Gasteiger charge is 2.48. The Morgan fingerprint density at radius 3 is 2.67 bits per heavy atom. The number of hydrogen-bond donors (Lipinski definition) is 1. The average Bonchev–Trinajstić information content (AvgIpc) is 3.72. The zero-order valence-corrected chi connectivity index (χ0v) is 25.9. The van der Waals surface area contributed by atoms with Crippen LogP contribution >= 0.6 is 0 Å². The van der Waals surface area contributed by atoms with Gasteiger partial charge in [0.15, 0.2) is 0 Å². The van der Waals surface area contributed by atoms with Gasteiger partial charge in [0.1, 0.15) is 12.2 Å². The number of nitrogens with zero attached hydrogens (tertiary/aromatic N) is 5. The summed E-state index contributed by atoms with van der Waals surface area (Å²) in [6.07, 6.45) is -0.430. The van der Waals surface area contributed by atoms with Gasteiger partial charge in [-0.15, -0.1) is 10.2 Å². The molecule has 2 atom stereocenters. The molecule has 6 rings (SSSR count). The van der Waals surface area contributed by atoms with Gasteiger partial charge in [0.25, 0.3) is 11.8 Å². The van der Waals surface area contributed by atoms with Crippen LogP contribution in [0.15, 0.2) is 42.7 Å². The van der Waals surface area contributed by atoms with Crippen molar-refractivity contribution < 1.29 is 22.8 Å². The summed E-state index contributed by atoms with van der Waals surface area (Å²) in [6, 6.07) is 9.89. The third kappa shape index (κ3) is 5.61. The molecule has 1 aliphatic carbocycles. The monoisotopic (exact) mass is 618 g/mol. The topological polar surface area (TPSA) is 83.4 Å². The Balaban J connectivity index is 1.25. The van der Waals surface area contributed by atoms with Gasteiger partial charge in [-0.3, -0.25) is 9.59 Å². The second kappa shape index (κ2) is 11.6. The van der Waals surface area contributed by atoms with Gasteiger partial charge in [0.2, 0.25) is 0 Å². The quantitative estimate of drug-likeness (QED) is 0.367. The van der Waals surface area contributed by atoms with Crippen molar-refractivity contribution in [2.45, 2.75) is 64.2 Å². The largest absolute Gasteiger partial charge is 0.416 e. The molecule has 0 radical (unpaired) electrons. The summed E-state index contributed by atoms with van der Waals surface area (Å²) in [5, 5.41) is 11.8. The van der Waals surface area contributed by atoms with Crippen LogP contribution in [0, 0.1) is 23.7 Å². The lowest BCUT2D eigenvalue weighted by Crippen LogP contribution is -2.43. The van der Waals surface area contributed by atoms with Crippen molar-refractivity contribution >= 4 is 17.5 Å². The van der Waals surface area contributed by atoms with Crippen molar-refractivity contribution in [1.29, 1.82) is 0 Å². The first-order valence-corrected chi connectivity index (χ1v) is 15.4. The number of alkyl halides is 3. The molecule has 2 aromatic carbocycles. The number of benzene rings is 2. The number of hydrogen-bond acceptors (Lipinski definition) is 5. The molecular formula is C34H37F3N6O2. The summed E-state index contributed by atoms with van der Waals surface area (Å²) in [7, 11) is 1.91. The molecule has 11 heteroatoms. The molecular weight excluding hydrogens is 581 g/mol. The Kier molecular flexibility index (Phi) is 7.98. The number of fused-ring (bicyclic) bond motifs is 1. The predicted molar refractivity (Wildman–Crippen MR) is 163 cm³/mol. The predicted octanol–water partition coefficient (Wildman–Crippen LogP) is 5.23. The molecule has 236 valence electrons. The first kappa shape index (κ1) is 30.8. The fourth-order valence-corrected chi connectivity index (χ4v) is 7.34. The molecule has 0 bridgehead atoms. The second-order valence-corrected chi connectivity index (χ2v) is 12.8. The number of anilines is 1. The zero-order chi connectivity index (χ0) is 32.1. The summed E-state index contributed by atoms with van der Waals surface area (Å²) in [6.45, 7) is 7.13. The third-order valence-corrected chi connectivity index (χ3v) is 9.63. The second-order valence-electron chi connectivity index (χ2n) is 12.8. The summed E-state index contributed by atoms with van der Waals surface area (Å²) < 4.78 is 45.3. The van der Waals surface area contributed by atoms with Gasteiger partial charge < -0.3 is 19.7 Å². The molecule has 1 N–H and O–H groups in total. The lowest BCUT2D eigenvalue weighted by Gasteiger charge is -2.46. The number of halogens is 3. The highest BCUT2D eigenvalue weighted by molar-refractivity contribution is 6.10. The number of likely N-dealkylation sites (tertiary alicyclic amines) is 1. The molecule has 45 heavy (non-hydrogen) atoms.